The number of benzene rings is 1. The number of nitrogens with zero attached hydrogens (tertiary/aromatic N) is 2. The Kier molecular flexibility index (Phi) is 4.96. The highest BCUT2D eigenvalue weighted by Crippen LogP contribution is 2.46. The second kappa shape index (κ2) is 7.06. The van der Waals surface area contributed by atoms with Crippen LogP contribution in [-0.2, 0) is 9.53 Å². The lowest BCUT2D eigenvalue weighted by molar-refractivity contribution is -0.435. The topological polar surface area (TPSA) is 114 Å². The highest BCUT2D eigenvalue weighted by atomic mass is 19.3. The highest BCUT2D eigenvalue weighted by molar-refractivity contribution is 5.91. The molecule has 5 N–H and O–H groups in total. The first-order valence-corrected chi connectivity index (χ1v) is 8.21. The highest BCUT2D eigenvalue weighted by Gasteiger charge is 2.64. The third-order valence-electron chi connectivity index (χ3n) is 4.58. The van der Waals surface area contributed by atoms with Crippen molar-refractivity contribution in [1.29, 1.82) is 0 Å². The molecule has 1 aromatic carbocycles. The average molecular weight is 386 g/mol. The molecule has 3 rings (SSSR count). The van der Waals surface area contributed by atoms with Crippen molar-refractivity contribution in [2.24, 2.45) is 11.5 Å². The summed E-state index contributed by atoms with van der Waals surface area (Å²) in [5, 5.41) is 2.13. The van der Waals surface area contributed by atoms with E-state index in [1.54, 1.807) is 0 Å². The Hall–Kier alpha value is -2.82. The molecule has 0 bridgehead atoms. The molecule has 1 aliphatic carbocycles. The number of hydrogen-bond donors (Lipinski definition) is 3. The summed E-state index contributed by atoms with van der Waals surface area (Å²) in [6.45, 7) is 0.600. The van der Waals surface area contributed by atoms with Gasteiger partial charge in [-0.15, -0.1) is 0 Å². The predicted octanol–water partition coefficient (Wildman–Crippen LogP) is 0.264. The van der Waals surface area contributed by atoms with Crippen LogP contribution in [0.25, 0.3) is 0 Å². The summed E-state index contributed by atoms with van der Waals surface area (Å²) in [5.41, 5.74) is 10.3. The van der Waals surface area contributed by atoms with E-state index in [0.717, 1.165) is 6.07 Å². The number of halogens is 3. The Bertz CT molecular complexity index is 804. The number of rotatable bonds is 6. The fourth-order valence-electron chi connectivity index (χ4n) is 3.09. The van der Waals surface area contributed by atoms with Gasteiger partial charge in [0.05, 0.1) is 18.3 Å². The van der Waals surface area contributed by atoms with Crippen LogP contribution in [0, 0.1) is 5.82 Å². The van der Waals surface area contributed by atoms with Crippen molar-refractivity contribution in [3.63, 3.8) is 0 Å². The second-order valence-electron chi connectivity index (χ2n) is 6.35. The fourth-order valence-corrected chi connectivity index (χ4v) is 3.09. The van der Waals surface area contributed by atoms with Gasteiger partial charge in [-0.25, -0.2) is 13.8 Å². The van der Waals surface area contributed by atoms with Crippen LogP contribution >= 0.6 is 0 Å². The van der Waals surface area contributed by atoms with Gasteiger partial charge in [-0.1, -0.05) is 0 Å². The summed E-state index contributed by atoms with van der Waals surface area (Å²) in [7, 11) is 0. The Balaban J connectivity index is 1.74. The molecule has 1 saturated carbocycles. The van der Waals surface area contributed by atoms with Crippen molar-refractivity contribution in [2.45, 2.75) is 24.5 Å². The quantitative estimate of drug-likeness (QED) is 0.369. The van der Waals surface area contributed by atoms with Crippen LogP contribution in [-0.4, -0.2) is 60.6 Å². The van der Waals surface area contributed by atoms with Crippen LogP contribution in [0.5, 0.6) is 0 Å². The zero-order valence-corrected chi connectivity index (χ0v) is 14.2. The maximum absolute atomic E-state index is 14.5. The van der Waals surface area contributed by atoms with Gasteiger partial charge in [0, 0.05) is 19.0 Å². The number of nitrogens with two attached hydrogens (primary N) is 2. The standard InChI is InChI=1S/C16H18F3N5O3/c17-10-5-9(1-2-11(10)23(8-21)4-3-20)24-7-16(27-15(24)26)6-12(16)22-14(25)13(18)19/h1-2,5,8,12-13,21H,3-4,6-7,20H2,(H,22,25)/p+1/t12?,16-/m0/s1. The fraction of sp³-hybridized carbons (Fsp3) is 0.438. The molecule has 11 heteroatoms. The molecule has 8 nitrogen and oxygen atoms in total. The van der Waals surface area contributed by atoms with Gasteiger partial charge in [-0.05, 0) is 12.1 Å². The second-order valence-corrected chi connectivity index (χ2v) is 6.35. The maximum atomic E-state index is 14.5. The van der Waals surface area contributed by atoms with Crippen LogP contribution in [0.2, 0.25) is 0 Å². The summed E-state index contributed by atoms with van der Waals surface area (Å²) in [5.74, 6) is -2.03. The van der Waals surface area contributed by atoms with E-state index in [9.17, 15) is 22.8 Å². The minimum atomic E-state index is -3.15. The van der Waals surface area contributed by atoms with Crippen molar-refractivity contribution < 1.29 is 32.1 Å². The van der Waals surface area contributed by atoms with Gasteiger partial charge in [0.1, 0.15) is 6.54 Å². The molecule has 2 fully saturated rings. The van der Waals surface area contributed by atoms with Gasteiger partial charge < -0.3 is 15.8 Å². The van der Waals surface area contributed by atoms with E-state index in [2.05, 4.69) is 5.32 Å². The first kappa shape index (κ1) is 19.0. The summed E-state index contributed by atoms with van der Waals surface area (Å²) >= 11 is 0. The maximum Gasteiger partial charge on any atom is 0.415 e. The molecule has 2 aliphatic rings. The first-order chi connectivity index (χ1) is 12.8. The molecule has 1 unspecified atom stereocenters. The van der Waals surface area contributed by atoms with Crippen molar-refractivity contribution in [2.75, 3.05) is 24.5 Å². The van der Waals surface area contributed by atoms with Crippen LogP contribution in [0.4, 0.5) is 29.3 Å². The lowest BCUT2D eigenvalue weighted by atomic mass is 10.2. The monoisotopic (exact) mass is 386 g/mol. The summed E-state index contributed by atoms with van der Waals surface area (Å²) in [6.07, 6.45) is -2.46. The van der Waals surface area contributed by atoms with Gasteiger partial charge in [0.2, 0.25) is 6.34 Å². The van der Waals surface area contributed by atoms with Crippen LogP contribution in [0.1, 0.15) is 6.42 Å². The predicted molar refractivity (Wildman–Crippen MR) is 89.6 cm³/mol. The Morgan fingerprint density at radius 2 is 2.26 bits per heavy atom. The Morgan fingerprint density at radius 1 is 1.52 bits per heavy atom. The Morgan fingerprint density at radius 3 is 2.85 bits per heavy atom. The van der Waals surface area contributed by atoms with E-state index >= 15 is 0 Å². The van der Waals surface area contributed by atoms with Crippen molar-refractivity contribution in [3.8, 4) is 0 Å². The number of carbonyl (C=O) groups is 2. The number of alkyl halides is 2. The molecule has 2 amide bonds. The number of anilines is 1. The van der Waals surface area contributed by atoms with Gasteiger partial charge in [0.15, 0.2) is 17.1 Å². The van der Waals surface area contributed by atoms with Crippen LogP contribution < -0.4 is 21.7 Å². The summed E-state index contributed by atoms with van der Waals surface area (Å²) < 4.78 is 45.8. The van der Waals surface area contributed by atoms with E-state index in [0.29, 0.717) is 6.54 Å². The molecule has 1 saturated heterocycles. The molecular weight excluding hydrogens is 367 g/mol. The van der Waals surface area contributed by atoms with Gasteiger partial charge >= 0.3 is 12.5 Å². The van der Waals surface area contributed by atoms with E-state index in [1.165, 1.54) is 27.9 Å². The molecule has 1 spiro atoms. The number of hydrogen-bond acceptors (Lipinski definition) is 4. The van der Waals surface area contributed by atoms with Crippen molar-refractivity contribution in [3.05, 3.63) is 24.0 Å². The molecule has 27 heavy (non-hydrogen) atoms. The number of carbonyl (C=O) groups excluding carboxylic acids is 2. The molecule has 2 atom stereocenters. The largest absolute Gasteiger partial charge is 0.438 e. The van der Waals surface area contributed by atoms with Crippen molar-refractivity contribution in [1.82, 2.24) is 5.32 Å². The van der Waals surface area contributed by atoms with Gasteiger partial charge in [0.25, 0.3) is 5.91 Å². The lowest BCUT2D eigenvalue weighted by Crippen LogP contribution is -2.37. The molecule has 1 aromatic rings. The normalized spacial score (nSPS) is 24.5. The van der Waals surface area contributed by atoms with Crippen LogP contribution in [0.15, 0.2) is 18.2 Å². The number of ether oxygens (including phenoxy) is 1. The minimum Gasteiger partial charge on any atom is -0.438 e. The number of amides is 2. The number of nitrogens with one attached hydrogen (secondary N) is 1. The summed E-state index contributed by atoms with van der Waals surface area (Å²) in [6, 6.07) is 3.42. The van der Waals surface area contributed by atoms with Gasteiger partial charge in [-0.2, -0.15) is 8.78 Å². The van der Waals surface area contributed by atoms with E-state index in [4.69, 9.17) is 16.2 Å². The average Bonchev–Trinajstić information content (AvgIpc) is 3.16. The third-order valence-corrected chi connectivity index (χ3v) is 4.58. The smallest absolute Gasteiger partial charge is 0.415 e. The lowest BCUT2D eigenvalue weighted by Gasteiger charge is -2.14. The van der Waals surface area contributed by atoms with E-state index < -0.39 is 35.9 Å². The third kappa shape index (κ3) is 3.54. The van der Waals surface area contributed by atoms with E-state index in [1.807, 2.05) is 0 Å². The molecule has 1 heterocycles. The first-order valence-electron chi connectivity index (χ1n) is 8.21. The van der Waals surface area contributed by atoms with E-state index in [-0.39, 0.29) is 30.9 Å². The zero-order valence-electron chi connectivity index (χ0n) is 14.2. The molecule has 0 radical (unpaired) electrons. The molecule has 1 aliphatic heterocycles. The molecule has 0 aromatic heterocycles. The summed E-state index contributed by atoms with van der Waals surface area (Å²) in [4.78, 5) is 24.4. The SMILES string of the molecule is NC=[N+](CCN)c1ccc(N2C[C@]3(CC3NC(=O)C(F)F)OC2=O)cc1F. The van der Waals surface area contributed by atoms with Gasteiger partial charge in [-0.3, -0.25) is 15.4 Å². The molecular formula is C16H19F3N5O3+. The Labute approximate surface area is 152 Å². The van der Waals surface area contributed by atoms with Crippen LogP contribution in [0.3, 0.4) is 0 Å². The minimum absolute atomic E-state index is 0.0222. The zero-order chi connectivity index (χ0) is 19.8. The molecule has 146 valence electrons. The van der Waals surface area contributed by atoms with Crippen molar-refractivity contribution >= 4 is 29.7 Å².